The van der Waals surface area contributed by atoms with Crippen molar-refractivity contribution in [3.63, 3.8) is 0 Å². The number of hydrogen-bond acceptors (Lipinski definition) is 3. The molecule has 0 aromatic heterocycles. The predicted molar refractivity (Wildman–Crippen MR) is 56.3 cm³/mol. The summed E-state index contributed by atoms with van der Waals surface area (Å²) < 4.78 is 4.85. The molecule has 0 aliphatic carbocycles. The third-order valence-corrected chi connectivity index (χ3v) is 2.51. The summed E-state index contributed by atoms with van der Waals surface area (Å²) >= 11 is 0. The first-order valence-corrected chi connectivity index (χ1v) is 5.71. The monoisotopic (exact) mass is 213 g/mol. The topological polar surface area (TPSA) is 55.4 Å². The molecule has 1 aliphatic rings. The fourth-order valence-corrected chi connectivity index (χ4v) is 1.59. The Morgan fingerprint density at radius 3 is 2.87 bits per heavy atom. The molecule has 1 unspecified atom stereocenters. The van der Waals surface area contributed by atoms with E-state index in [1.807, 2.05) is 0 Å². The average molecular weight is 213 g/mol. The van der Waals surface area contributed by atoms with Crippen LogP contribution in [0, 0.1) is 0 Å². The van der Waals surface area contributed by atoms with Gasteiger partial charge in [-0.25, -0.2) is 0 Å². The minimum absolute atomic E-state index is 0.141. The van der Waals surface area contributed by atoms with Gasteiger partial charge in [0.1, 0.15) is 0 Å². The number of hydrogen-bond donors (Lipinski definition) is 1. The third kappa shape index (κ3) is 4.32. The first-order valence-electron chi connectivity index (χ1n) is 5.71. The van der Waals surface area contributed by atoms with E-state index < -0.39 is 6.10 Å². The van der Waals surface area contributed by atoms with E-state index in [0.29, 0.717) is 19.4 Å². The molecule has 0 aromatic carbocycles. The number of carbonyl (C=O) groups excluding carboxylic acids is 2. The Morgan fingerprint density at radius 1 is 1.47 bits per heavy atom. The highest BCUT2D eigenvalue weighted by molar-refractivity contribution is 5.86. The molecular formula is C11H19NO3. The van der Waals surface area contributed by atoms with Gasteiger partial charge >= 0.3 is 5.97 Å². The molecule has 4 nitrogen and oxygen atoms in total. The summed E-state index contributed by atoms with van der Waals surface area (Å²) in [5.74, 6) is -0.404. The maximum Gasteiger partial charge on any atom is 0.306 e. The van der Waals surface area contributed by atoms with Crippen molar-refractivity contribution in [1.29, 1.82) is 0 Å². The molecule has 15 heavy (non-hydrogen) atoms. The lowest BCUT2D eigenvalue weighted by Crippen LogP contribution is -2.34. The van der Waals surface area contributed by atoms with Crippen molar-refractivity contribution >= 4 is 11.9 Å². The van der Waals surface area contributed by atoms with Crippen molar-refractivity contribution in [1.82, 2.24) is 5.32 Å². The zero-order valence-electron chi connectivity index (χ0n) is 9.25. The van der Waals surface area contributed by atoms with Gasteiger partial charge in [-0.05, 0) is 6.42 Å². The van der Waals surface area contributed by atoms with Gasteiger partial charge in [-0.3, -0.25) is 9.59 Å². The number of nitrogens with one attached hydrogen (secondary N) is 1. The Bertz CT molecular complexity index is 228. The summed E-state index contributed by atoms with van der Waals surface area (Å²) in [6.07, 6.45) is 4.89. The molecule has 0 bridgehead atoms. The summed E-state index contributed by atoms with van der Waals surface area (Å²) in [5.41, 5.74) is 0. The first kappa shape index (κ1) is 12.0. The molecule has 1 atom stereocenters. The second-order valence-corrected chi connectivity index (χ2v) is 3.87. The molecule has 4 heteroatoms. The highest BCUT2D eigenvalue weighted by atomic mass is 16.6. The van der Waals surface area contributed by atoms with Gasteiger partial charge < -0.3 is 10.1 Å². The maximum atomic E-state index is 11.4. The Kier molecular flexibility index (Phi) is 5.15. The van der Waals surface area contributed by atoms with E-state index in [4.69, 9.17) is 4.74 Å². The van der Waals surface area contributed by atoms with E-state index in [9.17, 15) is 9.59 Å². The zero-order chi connectivity index (χ0) is 11.1. The molecule has 1 rings (SSSR count). The molecule has 1 saturated heterocycles. The Labute approximate surface area is 90.4 Å². The second kappa shape index (κ2) is 6.43. The molecular weight excluding hydrogens is 194 g/mol. The number of amides is 1. The van der Waals surface area contributed by atoms with E-state index >= 15 is 0 Å². The van der Waals surface area contributed by atoms with E-state index in [-0.39, 0.29) is 11.9 Å². The van der Waals surface area contributed by atoms with Crippen molar-refractivity contribution in [2.45, 2.75) is 51.6 Å². The average Bonchev–Trinajstić information content (AvgIpc) is 2.64. The highest BCUT2D eigenvalue weighted by Gasteiger charge is 2.29. The van der Waals surface area contributed by atoms with Crippen LogP contribution in [0.15, 0.2) is 0 Å². The summed E-state index contributed by atoms with van der Waals surface area (Å²) in [6, 6.07) is 0. The van der Waals surface area contributed by atoms with Crippen molar-refractivity contribution in [3.8, 4) is 0 Å². The summed E-state index contributed by atoms with van der Waals surface area (Å²) in [7, 11) is 0. The van der Waals surface area contributed by atoms with Crippen molar-refractivity contribution in [2.75, 3.05) is 6.54 Å². The molecule has 86 valence electrons. The van der Waals surface area contributed by atoms with Gasteiger partial charge in [-0.2, -0.15) is 0 Å². The second-order valence-electron chi connectivity index (χ2n) is 3.87. The van der Waals surface area contributed by atoms with Gasteiger partial charge in [0.2, 0.25) is 0 Å². The molecule has 0 radical (unpaired) electrons. The number of cyclic esters (lactones) is 1. The molecule has 1 fully saturated rings. The van der Waals surface area contributed by atoms with Crippen LogP contribution in [-0.4, -0.2) is 24.5 Å². The number of esters is 1. The molecule has 1 N–H and O–H groups in total. The van der Waals surface area contributed by atoms with Crippen LogP contribution < -0.4 is 5.32 Å². The van der Waals surface area contributed by atoms with Gasteiger partial charge in [-0.1, -0.05) is 26.2 Å². The fraction of sp³-hybridized carbons (Fsp3) is 0.818. The van der Waals surface area contributed by atoms with Crippen LogP contribution in [0.4, 0.5) is 0 Å². The Hall–Kier alpha value is -1.06. The van der Waals surface area contributed by atoms with Gasteiger partial charge in [0, 0.05) is 19.4 Å². The Morgan fingerprint density at radius 2 is 2.27 bits per heavy atom. The van der Waals surface area contributed by atoms with E-state index in [0.717, 1.165) is 12.8 Å². The zero-order valence-corrected chi connectivity index (χ0v) is 9.25. The molecule has 0 spiro atoms. The van der Waals surface area contributed by atoms with Crippen molar-refractivity contribution in [2.24, 2.45) is 0 Å². The van der Waals surface area contributed by atoms with Crippen LogP contribution in [0.2, 0.25) is 0 Å². The van der Waals surface area contributed by atoms with Crippen molar-refractivity contribution in [3.05, 3.63) is 0 Å². The third-order valence-electron chi connectivity index (χ3n) is 2.51. The lowest BCUT2D eigenvalue weighted by Gasteiger charge is -2.09. The van der Waals surface area contributed by atoms with Crippen LogP contribution >= 0.6 is 0 Å². The number of unbranched alkanes of at least 4 members (excludes halogenated alkanes) is 3. The van der Waals surface area contributed by atoms with Crippen LogP contribution in [0.25, 0.3) is 0 Å². The minimum Gasteiger partial charge on any atom is -0.452 e. The lowest BCUT2D eigenvalue weighted by atomic mass is 10.2. The van der Waals surface area contributed by atoms with Crippen LogP contribution in [-0.2, 0) is 14.3 Å². The van der Waals surface area contributed by atoms with E-state index in [2.05, 4.69) is 12.2 Å². The number of carbonyl (C=O) groups is 2. The standard InChI is InChI=1S/C11H19NO3/c1-2-3-4-5-8-12-11(14)9-6-7-10(13)15-9/h9H,2-8H2,1H3,(H,12,14). The quantitative estimate of drug-likeness (QED) is 0.536. The van der Waals surface area contributed by atoms with Crippen LogP contribution in [0.1, 0.15) is 45.4 Å². The SMILES string of the molecule is CCCCCCNC(=O)C1CCC(=O)O1. The van der Waals surface area contributed by atoms with Crippen molar-refractivity contribution < 1.29 is 14.3 Å². The molecule has 1 amide bonds. The predicted octanol–water partition coefficient (Wildman–Crippen LogP) is 1.39. The first-order chi connectivity index (χ1) is 7.24. The summed E-state index contributed by atoms with van der Waals surface area (Å²) in [4.78, 5) is 22.2. The summed E-state index contributed by atoms with van der Waals surface area (Å²) in [5, 5.41) is 2.79. The molecule has 1 heterocycles. The van der Waals surface area contributed by atoms with Gasteiger partial charge in [0.25, 0.3) is 5.91 Å². The minimum atomic E-state index is -0.538. The Balaban J connectivity index is 2.06. The molecule has 1 aliphatic heterocycles. The normalized spacial score (nSPS) is 20.1. The molecule has 0 saturated carbocycles. The molecule has 0 aromatic rings. The van der Waals surface area contributed by atoms with Crippen LogP contribution in [0.3, 0.4) is 0 Å². The number of rotatable bonds is 6. The van der Waals surface area contributed by atoms with Gasteiger partial charge in [-0.15, -0.1) is 0 Å². The van der Waals surface area contributed by atoms with Gasteiger partial charge in [0.05, 0.1) is 0 Å². The largest absolute Gasteiger partial charge is 0.452 e. The fourth-order valence-electron chi connectivity index (χ4n) is 1.59. The summed E-state index contributed by atoms with van der Waals surface area (Å²) in [6.45, 7) is 2.84. The van der Waals surface area contributed by atoms with E-state index in [1.165, 1.54) is 12.8 Å². The maximum absolute atomic E-state index is 11.4. The highest BCUT2D eigenvalue weighted by Crippen LogP contribution is 2.13. The van der Waals surface area contributed by atoms with E-state index in [1.54, 1.807) is 0 Å². The smallest absolute Gasteiger partial charge is 0.306 e. The van der Waals surface area contributed by atoms with Gasteiger partial charge in [0.15, 0.2) is 6.10 Å². The number of ether oxygens (including phenoxy) is 1. The lowest BCUT2D eigenvalue weighted by molar-refractivity contribution is -0.148. The van der Waals surface area contributed by atoms with Crippen LogP contribution in [0.5, 0.6) is 0 Å².